The number of non-ortho nitro benzene ring substituents is 1. The SMILES string of the molecule is CC(C)(C)c1csc(NC(=O)CCNC(=O)c2ccc([N+](=O)[O-])cc2)n1. The lowest BCUT2D eigenvalue weighted by molar-refractivity contribution is -0.384. The number of nitrogens with zero attached hydrogens (tertiary/aromatic N) is 2. The maximum Gasteiger partial charge on any atom is 0.269 e. The number of hydrogen-bond acceptors (Lipinski definition) is 6. The Bertz CT molecular complexity index is 809. The van der Waals surface area contributed by atoms with E-state index in [0.29, 0.717) is 10.7 Å². The van der Waals surface area contributed by atoms with Gasteiger partial charge in [-0.3, -0.25) is 19.7 Å². The van der Waals surface area contributed by atoms with E-state index in [1.165, 1.54) is 35.6 Å². The molecule has 2 aromatic rings. The van der Waals surface area contributed by atoms with Crippen LogP contribution in [0.3, 0.4) is 0 Å². The van der Waals surface area contributed by atoms with Gasteiger partial charge in [0.25, 0.3) is 11.6 Å². The number of carbonyl (C=O) groups excluding carboxylic acids is 2. The molecule has 26 heavy (non-hydrogen) atoms. The lowest BCUT2D eigenvalue weighted by atomic mass is 9.93. The molecule has 0 aliphatic heterocycles. The monoisotopic (exact) mass is 376 g/mol. The quantitative estimate of drug-likeness (QED) is 0.594. The van der Waals surface area contributed by atoms with Crippen molar-refractivity contribution in [1.29, 1.82) is 0 Å². The van der Waals surface area contributed by atoms with E-state index in [1.807, 2.05) is 26.2 Å². The summed E-state index contributed by atoms with van der Waals surface area (Å²) < 4.78 is 0. The number of aromatic nitrogens is 1. The highest BCUT2D eigenvalue weighted by Crippen LogP contribution is 2.26. The molecule has 0 fully saturated rings. The van der Waals surface area contributed by atoms with Gasteiger partial charge < -0.3 is 10.6 Å². The Kier molecular flexibility index (Phi) is 6.04. The van der Waals surface area contributed by atoms with Crippen LogP contribution in [0.25, 0.3) is 0 Å². The van der Waals surface area contributed by atoms with Crippen molar-refractivity contribution in [1.82, 2.24) is 10.3 Å². The van der Waals surface area contributed by atoms with Gasteiger partial charge in [-0.1, -0.05) is 20.8 Å². The van der Waals surface area contributed by atoms with Crippen molar-refractivity contribution in [3.05, 3.63) is 51.0 Å². The van der Waals surface area contributed by atoms with Crippen molar-refractivity contribution in [3.8, 4) is 0 Å². The van der Waals surface area contributed by atoms with E-state index >= 15 is 0 Å². The van der Waals surface area contributed by atoms with Gasteiger partial charge in [-0.2, -0.15) is 0 Å². The number of nitro benzene ring substituents is 1. The molecule has 138 valence electrons. The lowest BCUT2D eigenvalue weighted by Crippen LogP contribution is -2.27. The molecule has 0 radical (unpaired) electrons. The van der Waals surface area contributed by atoms with Crippen LogP contribution in [0.1, 0.15) is 43.2 Å². The van der Waals surface area contributed by atoms with E-state index in [1.54, 1.807) is 0 Å². The zero-order chi connectivity index (χ0) is 19.3. The fourth-order valence-corrected chi connectivity index (χ4v) is 2.94. The van der Waals surface area contributed by atoms with E-state index in [-0.39, 0.29) is 30.0 Å². The zero-order valence-electron chi connectivity index (χ0n) is 14.7. The van der Waals surface area contributed by atoms with Crippen molar-refractivity contribution in [2.75, 3.05) is 11.9 Å². The second kappa shape index (κ2) is 8.05. The van der Waals surface area contributed by atoms with Crippen LogP contribution in [0.15, 0.2) is 29.6 Å². The first-order valence-corrected chi connectivity index (χ1v) is 8.83. The Balaban J connectivity index is 1.79. The van der Waals surface area contributed by atoms with Crippen LogP contribution < -0.4 is 10.6 Å². The number of rotatable bonds is 6. The van der Waals surface area contributed by atoms with E-state index < -0.39 is 10.8 Å². The molecule has 0 bridgehead atoms. The van der Waals surface area contributed by atoms with E-state index in [2.05, 4.69) is 15.6 Å². The minimum Gasteiger partial charge on any atom is -0.352 e. The first-order chi connectivity index (χ1) is 12.2. The normalized spacial score (nSPS) is 11.0. The number of nitro groups is 1. The number of benzene rings is 1. The molecule has 2 N–H and O–H groups in total. The molecule has 9 heteroatoms. The van der Waals surface area contributed by atoms with Gasteiger partial charge >= 0.3 is 0 Å². The fourth-order valence-electron chi connectivity index (χ4n) is 1.98. The van der Waals surface area contributed by atoms with E-state index in [0.717, 1.165) is 5.69 Å². The minimum atomic E-state index is -0.532. The average molecular weight is 376 g/mol. The van der Waals surface area contributed by atoms with Gasteiger partial charge in [-0.05, 0) is 12.1 Å². The number of thiazole rings is 1. The van der Waals surface area contributed by atoms with Gasteiger partial charge in [-0.25, -0.2) is 4.98 Å². The van der Waals surface area contributed by atoms with Crippen LogP contribution >= 0.6 is 11.3 Å². The Morgan fingerprint density at radius 2 is 1.88 bits per heavy atom. The van der Waals surface area contributed by atoms with Crippen LogP contribution in [0, 0.1) is 10.1 Å². The van der Waals surface area contributed by atoms with Crippen molar-refractivity contribution in [3.63, 3.8) is 0 Å². The molecule has 0 spiro atoms. The molecule has 0 unspecified atom stereocenters. The summed E-state index contributed by atoms with van der Waals surface area (Å²) in [5.41, 5.74) is 1.03. The smallest absolute Gasteiger partial charge is 0.269 e. The summed E-state index contributed by atoms with van der Waals surface area (Å²) >= 11 is 1.36. The maximum atomic E-state index is 12.0. The highest BCUT2D eigenvalue weighted by atomic mass is 32.1. The van der Waals surface area contributed by atoms with Gasteiger partial charge in [0.1, 0.15) is 0 Å². The van der Waals surface area contributed by atoms with E-state index in [9.17, 15) is 19.7 Å². The molecule has 1 aromatic heterocycles. The largest absolute Gasteiger partial charge is 0.352 e. The minimum absolute atomic E-state index is 0.0843. The first kappa shape index (κ1) is 19.5. The lowest BCUT2D eigenvalue weighted by Gasteiger charge is -2.14. The fraction of sp³-hybridized carbons (Fsp3) is 0.353. The molecular weight excluding hydrogens is 356 g/mol. The molecule has 8 nitrogen and oxygen atoms in total. The Labute approximate surface area is 154 Å². The van der Waals surface area contributed by atoms with Crippen molar-refractivity contribution in [2.45, 2.75) is 32.6 Å². The Hall–Kier alpha value is -2.81. The van der Waals surface area contributed by atoms with Gasteiger partial charge in [0.15, 0.2) is 5.13 Å². The summed E-state index contributed by atoms with van der Waals surface area (Å²) in [6.45, 7) is 6.28. The molecule has 1 aromatic carbocycles. The van der Waals surface area contributed by atoms with Crippen LogP contribution in [0.2, 0.25) is 0 Å². The van der Waals surface area contributed by atoms with Crippen LogP contribution in [0.4, 0.5) is 10.8 Å². The maximum absolute atomic E-state index is 12.0. The topological polar surface area (TPSA) is 114 Å². The third-order valence-electron chi connectivity index (χ3n) is 3.50. The zero-order valence-corrected chi connectivity index (χ0v) is 15.6. The first-order valence-electron chi connectivity index (χ1n) is 7.95. The summed E-state index contributed by atoms with van der Waals surface area (Å²) in [5, 5.41) is 18.3. The van der Waals surface area contributed by atoms with Gasteiger partial charge in [0.05, 0.1) is 10.6 Å². The summed E-state index contributed by atoms with van der Waals surface area (Å²) in [6.07, 6.45) is 0.100. The van der Waals surface area contributed by atoms with Crippen LogP contribution in [0.5, 0.6) is 0 Å². The molecule has 2 rings (SSSR count). The number of anilines is 1. The molecule has 0 saturated heterocycles. The van der Waals surface area contributed by atoms with Crippen LogP contribution in [-0.4, -0.2) is 28.3 Å². The molecule has 0 aliphatic carbocycles. The number of amides is 2. The molecule has 0 aliphatic rings. The molecule has 0 saturated carbocycles. The summed E-state index contributed by atoms with van der Waals surface area (Å²) in [7, 11) is 0. The van der Waals surface area contributed by atoms with Gasteiger partial charge in [0.2, 0.25) is 5.91 Å². The third-order valence-corrected chi connectivity index (χ3v) is 4.25. The van der Waals surface area contributed by atoms with Crippen molar-refractivity contribution in [2.24, 2.45) is 0 Å². The predicted molar refractivity (Wildman–Crippen MR) is 99.5 cm³/mol. The Morgan fingerprint density at radius 3 is 2.42 bits per heavy atom. The van der Waals surface area contributed by atoms with Gasteiger partial charge in [-0.15, -0.1) is 11.3 Å². The number of nitrogens with one attached hydrogen (secondary N) is 2. The second-order valence-electron chi connectivity index (χ2n) is 6.65. The summed E-state index contributed by atoms with van der Waals surface area (Å²) in [6, 6.07) is 5.27. The number of carbonyl (C=O) groups is 2. The van der Waals surface area contributed by atoms with Crippen molar-refractivity contribution >= 4 is 34.0 Å². The number of hydrogen-bond donors (Lipinski definition) is 2. The molecule has 2 amide bonds. The third kappa shape index (κ3) is 5.35. The standard InChI is InChI=1S/C17H20N4O4S/c1-17(2,3)13-10-26-16(19-13)20-14(22)8-9-18-15(23)11-4-6-12(7-5-11)21(24)25/h4-7,10H,8-9H2,1-3H3,(H,18,23)(H,19,20,22). The molecule has 0 atom stereocenters. The molecular formula is C17H20N4O4S. The van der Waals surface area contributed by atoms with Crippen LogP contribution in [-0.2, 0) is 10.2 Å². The molecule has 1 heterocycles. The average Bonchev–Trinajstić information content (AvgIpc) is 3.03. The highest BCUT2D eigenvalue weighted by Gasteiger charge is 2.18. The highest BCUT2D eigenvalue weighted by molar-refractivity contribution is 7.13. The Morgan fingerprint density at radius 1 is 1.23 bits per heavy atom. The van der Waals surface area contributed by atoms with Crippen molar-refractivity contribution < 1.29 is 14.5 Å². The second-order valence-corrected chi connectivity index (χ2v) is 7.50. The van der Waals surface area contributed by atoms with E-state index in [4.69, 9.17) is 0 Å². The summed E-state index contributed by atoms with van der Waals surface area (Å²) in [4.78, 5) is 38.3. The predicted octanol–water partition coefficient (Wildman–Crippen LogP) is 3.11. The van der Waals surface area contributed by atoms with Gasteiger partial charge in [0, 0.05) is 41.5 Å². The summed E-state index contributed by atoms with van der Waals surface area (Å²) in [5.74, 6) is -0.638.